The number of sulfonamides is 1. The molecule has 0 heterocycles. The van der Waals surface area contributed by atoms with E-state index in [0.29, 0.717) is 24.7 Å². The first kappa shape index (κ1) is 15.3. The summed E-state index contributed by atoms with van der Waals surface area (Å²) < 4.78 is 26.8. The standard InChI is InChI=1S/C13H16ClN3O2S/c1-17(11-3-4-11)7-6-16-20(18,19)13-5-2-10(9-15)8-12(13)14/h2,5,8,11,16H,3-4,6-7H2,1H3. The van der Waals surface area contributed by atoms with Crippen LogP contribution in [0.3, 0.4) is 0 Å². The molecule has 108 valence electrons. The fourth-order valence-corrected chi connectivity index (χ4v) is 3.48. The Hall–Kier alpha value is -1.13. The first-order valence-electron chi connectivity index (χ1n) is 6.33. The van der Waals surface area contributed by atoms with Crippen LogP contribution in [0.25, 0.3) is 0 Å². The van der Waals surface area contributed by atoms with Gasteiger partial charge in [-0.1, -0.05) is 11.6 Å². The Balaban J connectivity index is 2.00. The summed E-state index contributed by atoms with van der Waals surface area (Å²) >= 11 is 5.91. The Morgan fingerprint density at radius 3 is 2.75 bits per heavy atom. The van der Waals surface area contributed by atoms with Gasteiger partial charge in [0.25, 0.3) is 0 Å². The first-order valence-corrected chi connectivity index (χ1v) is 8.20. The minimum atomic E-state index is -3.63. The summed E-state index contributed by atoms with van der Waals surface area (Å²) in [6, 6.07) is 6.66. The van der Waals surface area contributed by atoms with Crippen LogP contribution >= 0.6 is 11.6 Å². The highest BCUT2D eigenvalue weighted by Crippen LogP contribution is 2.25. The SMILES string of the molecule is CN(CCNS(=O)(=O)c1ccc(C#N)cc1Cl)C1CC1. The summed E-state index contributed by atoms with van der Waals surface area (Å²) in [5.74, 6) is 0. The minimum absolute atomic E-state index is 0.00671. The fourth-order valence-electron chi connectivity index (χ4n) is 1.92. The molecule has 1 N–H and O–H groups in total. The third kappa shape index (κ3) is 3.70. The zero-order valence-corrected chi connectivity index (χ0v) is 12.7. The third-order valence-electron chi connectivity index (χ3n) is 3.28. The summed E-state index contributed by atoms with van der Waals surface area (Å²) in [6.07, 6.45) is 2.37. The van der Waals surface area contributed by atoms with E-state index in [1.165, 1.54) is 31.0 Å². The summed E-state index contributed by atoms with van der Waals surface area (Å²) in [6.45, 7) is 1.00. The van der Waals surface area contributed by atoms with Crippen molar-refractivity contribution in [1.82, 2.24) is 9.62 Å². The molecular formula is C13H16ClN3O2S. The van der Waals surface area contributed by atoms with E-state index in [2.05, 4.69) is 9.62 Å². The van der Waals surface area contributed by atoms with Crippen molar-refractivity contribution >= 4 is 21.6 Å². The molecule has 2 rings (SSSR count). The van der Waals surface area contributed by atoms with E-state index in [1.807, 2.05) is 13.1 Å². The lowest BCUT2D eigenvalue weighted by molar-refractivity contribution is 0.329. The minimum Gasteiger partial charge on any atom is -0.302 e. The Labute approximate surface area is 124 Å². The maximum absolute atomic E-state index is 12.1. The number of hydrogen-bond donors (Lipinski definition) is 1. The first-order chi connectivity index (χ1) is 9.44. The molecule has 0 saturated heterocycles. The van der Waals surface area contributed by atoms with Crippen molar-refractivity contribution in [2.45, 2.75) is 23.8 Å². The number of rotatable bonds is 6. The van der Waals surface area contributed by atoms with Gasteiger partial charge < -0.3 is 4.90 Å². The second-order valence-corrected chi connectivity index (χ2v) is 7.01. The zero-order chi connectivity index (χ0) is 14.8. The molecule has 0 atom stereocenters. The molecule has 0 unspecified atom stereocenters. The van der Waals surface area contributed by atoms with E-state index in [1.54, 1.807) is 0 Å². The molecule has 0 aromatic heterocycles. The molecule has 7 heteroatoms. The molecule has 1 saturated carbocycles. The van der Waals surface area contributed by atoms with E-state index >= 15 is 0 Å². The van der Waals surface area contributed by atoms with Crippen LogP contribution in [0.15, 0.2) is 23.1 Å². The molecule has 1 aromatic rings. The van der Waals surface area contributed by atoms with E-state index in [-0.39, 0.29) is 9.92 Å². The predicted octanol–water partition coefficient (Wildman–Crippen LogP) is 1.58. The summed E-state index contributed by atoms with van der Waals surface area (Å²) in [7, 11) is -1.65. The molecule has 0 amide bonds. The van der Waals surface area contributed by atoms with E-state index in [0.717, 1.165) is 0 Å². The number of benzene rings is 1. The van der Waals surface area contributed by atoms with Gasteiger partial charge in [-0.2, -0.15) is 5.26 Å². The molecule has 1 aliphatic carbocycles. The van der Waals surface area contributed by atoms with Gasteiger partial charge in [-0.25, -0.2) is 13.1 Å². The van der Waals surface area contributed by atoms with Crippen LogP contribution in [-0.2, 0) is 10.0 Å². The van der Waals surface area contributed by atoms with E-state index in [4.69, 9.17) is 16.9 Å². The van der Waals surface area contributed by atoms with Gasteiger partial charge in [0.2, 0.25) is 10.0 Å². The van der Waals surface area contributed by atoms with Crippen LogP contribution < -0.4 is 4.72 Å². The number of hydrogen-bond acceptors (Lipinski definition) is 4. The van der Waals surface area contributed by atoms with Gasteiger partial charge in [-0.05, 0) is 38.1 Å². The summed E-state index contributed by atoms with van der Waals surface area (Å²) in [4.78, 5) is 2.15. The van der Waals surface area contributed by atoms with Crippen LogP contribution in [0, 0.1) is 11.3 Å². The van der Waals surface area contributed by atoms with Crippen molar-refractivity contribution in [1.29, 1.82) is 5.26 Å². The van der Waals surface area contributed by atoms with E-state index in [9.17, 15) is 8.42 Å². The molecule has 1 aromatic carbocycles. The van der Waals surface area contributed by atoms with Gasteiger partial charge in [0.05, 0.1) is 16.7 Å². The van der Waals surface area contributed by atoms with Crippen LogP contribution in [-0.4, -0.2) is 39.5 Å². The van der Waals surface area contributed by atoms with Gasteiger partial charge in [0.1, 0.15) is 4.90 Å². The monoisotopic (exact) mass is 313 g/mol. The van der Waals surface area contributed by atoms with Crippen molar-refractivity contribution in [2.75, 3.05) is 20.1 Å². The lowest BCUT2D eigenvalue weighted by Crippen LogP contribution is -2.34. The Kier molecular flexibility index (Phi) is 4.66. The van der Waals surface area contributed by atoms with Crippen molar-refractivity contribution in [2.24, 2.45) is 0 Å². The number of nitrogens with zero attached hydrogens (tertiary/aromatic N) is 2. The van der Waals surface area contributed by atoms with Crippen molar-refractivity contribution in [3.05, 3.63) is 28.8 Å². The van der Waals surface area contributed by atoms with Gasteiger partial charge in [0, 0.05) is 19.1 Å². The highest BCUT2D eigenvalue weighted by molar-refractivity contribution is 7.89. The molecule has 5 nitrogen and oxygen atoms in total. The summed E-state index contributed by atoms with van der Waals surface area (Å²) in [5.41, 5.74) is 0.336. The topological polar surface area (TPSA) is 73.2 Å². The van der Waals surface area contributed by atoms with Crippen LogP contribution in [0.2, 0.25) is 5.02 Å². The number of likely N-dealkylation sites (N-methyl/N-ethyl adjacent to an activating group) is 1. The molecule has 20 heavy (non-hydrogen) atoms. The highest BCUT2D eigenvalue weighted by Gasteiger charge is 2.26. The fraction of sp³-hybridized carbons (Fsp3) is 0.462. The van der Waals surface area contributed by atoms with Crippen molar-refractivity contribution < 1.29 is 8.42 Å². The largest absolute Gasteiger partial charge is 0.302 e. The Bertz CT molecular complexity index is 636. The number of halogens is 1. The molecule has 0 spiro atoms. The second-order valence-electron chi connectivity index (χ2n) is 4.87. The quantitative estimate of drug-likeness (QED) is 0.865. The lowest BCUT2D eigenvalue weighted by atomic mass is 10.2. The molecule has 1 aliphatic rings. The maximum Gasteiger partial charge on any atom is 0.242 e. The second kappa shape index (κ2) is 6.10. The van der Waals surface area contributed by atoms with Crippen LogP contribution in [0.4, 0.5) is 0 Å². The Morgan fingerprint density at radius 2 is 2.20 bits per heavy atom. The molecule has 1 fully saturated rings. The average molecular weight is 314 g/mol. The molecular weight excluding hydrogens is 298 g/mol. The zero-order valence-electron chi connectivity index (χ0n) is 11.1. The number of nitriles is 1. The predicted molar refractivity (Wildman–Crippen MR) is 77.0 cm³/mol. The normalized spacial score (nSPS) is 15.3. The third-order valence-corrected chi connectivity index (χ3v) is 5.22. The Morgan fingerprint density at radius 1 is 1.50 bits per heavy atom. The van der Waals surface area contributed by atoms with Crippen molar-refractivity contribution in [3.8, 4) is 6.07 Å². The smallest absolute Gasteiger partial charge is 0.242 e. The summed E-state index contributed by atoms with van der Waals surface area (Å²) in [5, 5.41) is 8.80. The average Bonchev–Trinajstić information content (AvgIpc) is 3.22. The van der Waals surface area contributed by atoms with Crippen molar-refractivity contribution in [3.63, 3.8) is 0 Å². The highest BCUT2D eigenvalue weighted by atomic mass is 35.5. The van der Waals surface area contributed by atoms with Crippen LogP contribution in [0.5, 0.6) is 0 Å². The van der Waals surface area contributed by atoms with E-state index < -0.39 is 10.0 Å². The van der Waals surface area contributed by atoms with Gasteiger partial charge >= 0.3 is 0 Å². The molecule has 0 aliphatic heterocycles. The molecule has 0 bridgehead atoms. The van der Waals surface area contributed by atoms with Gasteiger partial charge in [0.15, 0.2) is 0 Å². The van der Waals surface area contributed by atoms with Crippen LogP contribution in [0.1, 0.15) is 18.4 Å². The lowest BCUT2D eigenvalue weighted by Gasteiger charge is -2.16. The maximum atomic E-state index is 12.1. The van der Waals surface area contributed by atoms with Gasteiger partial charge in [-0.15, -0.1) is 0 Å². The number of nitrogens with one attached hydrogen (secondary N) is 1. The molecule has 0 radical (unpaired) electrons. The van der Waals surface area contributed by atoms with Gasteiger partial charge in [-0.3, -0.25) is 0 Å².